The summed E-state index contributed by atoms with van der Waals surface area (Å²) < 4.78 is 10.5. The third-order valence-electron chi connectivity index (χ3n) is 2.13. The van der Waals surface area contributed by atoms with Gasteiger partial charge in [0.25, 0.3) is 0 Å². The molecule has 1 rings (SSSR count). The van der Waals surface area contributed by atoms with E-state index >= 15 is 0 Å². The number of rotatable bonds is 6. The van der Waals surface area contributed by atoms with Gasteiger partial charge in [0.15, 0.2) is 0 Å². The standard InChI is InChI=1S/C11H21NO3S/c1-9(2)7-14-4-5-15-11(13)10-8-16-6-3-12-10/h9-10,12H,3-8H2,1-2H3. The topological polar surface area (TPSA) is 47.6 Å². The van der Waals surface area contributed by atoms with E-state index in [1.807, 2.05) is 0 Å². The van der Waals surface area contributed by atoms with E-state index in [4.69, 9.17) is 9.47 Å². The van der Waals surface area contributed by atoms with Crippen molar-refractivity contribution in [2.45, 2.75) is 19.9 Å². The van der Waals surface area contributed by atoms with Gasteiger partial charge in [-0.3, -0.25) is 4.79 Å². The van der Waals surface area contributed by atoms with Crippen LogP contribution in [0.1, 0.15) is 13.8 Å². The largest absolute Gasteiger partial charge is 0.462 e. The number of carbonyl (C=O) groups excluding carboxylic acids is 1. The highest BCUT2D eigenvalue weighted by atomic mass is 32.2. The van der Waals surface area contributed by atoms with Gasteiger partial charge in [0.05, 0.1) is 6.61 Å². The second kappa shape index (κ2) is 7.92. The molecule has 16 heavy (non-hydrogen) atoms. The molecule has 0 saturated carbocycles. The van der Waals surface area contributed by atoms with Crippen LogP contribution in [0.4, 0.5) is 0 Å². The first-order chi connectivity index (χ1) is 7.70. The van der Waals surface area contributed by atoms with E-state index in [9.17, 15) is 4.79 Å². The molecule has 1 unspecified atom stereocenters. The van der Waals surface area contributed by atoms with Gasteiger partial charge in [-0.05, 0) is 5.92 Å². The number of nitrogens with one attached hydrogen (secondary N) is 1. The van der Waals surface area contributed by atoms with Gasteiger partial charge >= 0.3 is 5.97 Å². The second-order valence-electron chi connectivity index (χ2n) is 4.22. The average Bonchev–Trinajstić information content (AvgIpc) is 2.29. The lowest BCUT2D eigenvalue weighted by Crippen LogP contribution is -2.44. The fourth-order valence-corrected chi connectivity index (χ4v) is 2.26. The minimum atomic E-state index is -0.152. The minimum Gasteiger partial charge on any atom is -0.462 e. The lowest BCUT2D eigenvalue weighted by Gasteiger charge is -2.21. The van der Waals surface area contributed by atoms with Crippen molar-refractivity contribution in [3.63, 3.8) is 0 Å². The normalized spacial score (nSPS) is 21.1. The van der Waals surface area contributed by atoms with Crippen LogP contribution in [0.5, 0.6) is 0 Å². The summed E-state index contributed by atoms with van der Waals surface area (Å²) in [5, 5.41) is 3.14. The van der Waals surface area contributed by atoms with Crippen molar-refractivity contribution in [2.75, 3.05) is 37.9 Å². The summed E-state index contributed by atoms with van der Waals surface area (Å²) in [6.07, 6.45) is 0. The third kappa shape index (κ3) is 5.72. The molecule has 0 bridgehead atoms. The first-order valence-corrected chi connectivity index (χ1v) is 6.91. The molecular weight excluding hydrogens is 226 g/mol. The smallest absolute Gasteiger partial charge is 0.324 e. The van der Waals surface area contributed by atoms with Crippen molar-refractivity contribution in [1.82, 2.24) is 5.32 Å². The molecule has 1 aliphatic heterocycles. The lowest BCUT2D eigenvalue weighted by atomic mass is 10.2. The van der Waals surface area contributed by atoms with Crippen LogP contribution in [-0.4, -0.2) is 49.9 Å². The Kier molecular flexibility index (Phi) is 6.84. The summed E-state index contributed by atoms with van der Waals surface area (Å²) in [5.74, 6) is 2.25. The van der Waals surface area contributed by atoms with E-state index in [1.54, 1.807) is 11.8 Å². The Labute approximate surface area is 101 Å². The maximum absolute atomic E-state index is 11.5. The highest BCUT2D eigenvalue weighted by Crippen LogP contribution is 2.08. The van der Waals surface area contributed by atoms with Gasteiger partial charge in [-0.15, -0.1) is 0 Å². The molecule has 0 radical (unpaired) electrons. The maximum atomic E-state index is 11.5. The zero-order valence-electron chi connectivity index (χ0n) is 10.0. The monoisotopic (exact) mass is 247 g/mol. The molecule has 1 heterocycles. The number of esters is 1. The van der Waals surface area contributed by atoms with Crippen LogP contribution >= 0.6 is 11.8 Å². The molecule has 1 aliphatic rings. The molecular formula is C11H21NO3S. The van der Waals surface area contributed by atoms with Crippen molar-refractivity contribution >= 4 is 17.7 Å². The van der Waals surface area contributed by atoms with E-state index in [0.29, 0.717) is 19.1 Å². The molecule has 4 nitrogen and oxygen atoms in total. The van der Waals surface area contributed by atoms with E-state index in [0.717, 1.165) is 24.7 Å². The molecule has 1 saturated heterocycles. The molecule has 0 aromatic rings. The first kappa shape index (κ1) is 13.8. The van der Waals surface area contributed by atoms with Crippen molar-refractivity contribution < 1.29 is 14.3 Å². The molecule has 1 fully saturated rings. The van der Waals surface area contributed by atoms with E-state index in [1.165, 1.54) is 0 Å². The van der Waals surface area contributed by atoms with E-state index in [2.05, 4.69) is 19.2 Å². The Hall–Kier alpha value is -0.260. The van der Waals surface area contributed by atoms with Crippen LogP contribution in [-0.2, 0) is 14.3 Å². The lowest BCUT2D eigenvalue weighted by molar-refractivity contribution is -0.147. The maximum Gasteiger partial charge on any atom is 0.324 e. The second-order valence-corrected chi connectivity index (χ2v) is 5.37. The summed E-state index contributed by atoms with van der Waals surface area (Å²) >= 11 is 1.78. The van der Waals surface area contributed by atoms with Gasteiger partial charge < -0.3 is 14.8 Å². The SMILES string of the molecule is CC(C)COCCOC(=O)C1CSCCN1. The third-order valence-corrected chi connectivity index (χ3v) is 3.19. The van der Waals surface area contributed by atoms with Crippen molar-refractivity contribution in [3.8, 4) is 0 Å². The molecule has 0 amide bonds. The molecule has 0 aromatic carbocycles. The molecule has 0 aliphatic carbocycles. The summed E-state index contributed by atoms with van der Waals surface area (Å²) in [6.45, 7) is 6.63. The Morgan fingerprint density at radius 3 is 2.94 bits per heavy atom. The number of hydrogen-bond donors (Lipinski definition) is 1. The molecule has 1 atom stereocenters. The summed E-state index contributed by atoms with van der Waals surface area (Å²) in [5.41, 5.74) is 0. The Balaban J connectivity index is 2.01. The highest BCUT2D eigenvalue weighted by molar-refractivity contribution is 7.99. The predicted octanol–water partition coefficient (Wildman–Crippen LogP) is 0.907. The number of carbonyl (C=O) groups is 1. The van der Waals surface area contributed by atoms with Crippen LogP contribution in [0.3, 0.4) is 0 Å². The van der Waals surface area contributed by atoms with Crippen LogP contribution in [0, 0.1) is 5.92 Å². The zero-order chi connectivity index (χ0) is 11.8. The van der Waals surface area contributed by atoms with Gasteiger partial charge in [-0.1, -0.05) is 13.8 Å². The summed E-state index contributed by atoms with van der Waals surface area (Å²) in [7, 11) is 0. The van der Waals surface area contributed by atoms with Crippen molar-refractivity contribution in [3.05, 3.63) is 0 Å². The van der Waals surface area contributed by atoms with Crippen molar-refractivity contribution in [1.29, 1.82) is 0 Å². The van der Waals surface area contributed by atoms with Crippen molar-refractivity contribution in [2.24, 2.45) is 5.92 Å². The van der Waals surface area contributed by atoms with Crippen LogP contribution in [0.25, 0.3) is 0 Å². The minimum absolute atomic E-state index is 0.135. The summed E-state index contributed by atoms with van der Waals surface area (Å²) in [6, 6.07) is -0.135. The highest BCUT2D eigenvalue weighted by Gasteiger charge is 2.21. The van der Waals surface area contributed by atoms with E-state index in [-0.39, 0.29) is 12.0 Å². The van der Waals surface area contributed by atoms with E-state index < -0.39 is 0 Å². The predicted molar refractivity (Wildman–Crippen MR) is 65.7 cm³/mol. The van der Waals surface area contributed by atoms with Gasteiger partial charge in [-0.25, -0.2) is 0 Å². The Morgan fingerprint density at radius 1 is 1.50 bits per heavy atom. The van der Waals surface area contributed by atoms with Crippen LogP contribution in [0.15, 0.2) is 0 Å². The first-order valence-electron chi connectivity index (χ1n) is 5.75. The molecule has 94 valence electrons. The number of hydrogen-bond acceptors (Lipinski definition) is 5. The summed E-state index contributed by atoms with van der Waals surface area (Å²) in [4.78, 5) is 11.5. The van der Waals surface area contributed by atoms with Crippen LogP contribution < -0.4 is 5.32 Å². The van der Waals surface area contributed by atoms with Crippen LogP contribution in [0.2, 0.25) is 0 Å². The van der Waals surface area contributed by atoms with Gasteiger partial charge in [-0.2, -0.15) is 11.8 Å². The molecule has 1 N–H and O–H groups in total. The van der Waals surface area contributed by atoms with Gasteiger partial charge in [0.1, 0.15) is 12.6 Å². The Morgan fingerprint density at radius 2 is 2.31 bits per heavy atom. The molecule has 5 heteroatoms. The van der Waals surface area contributed by atoms with Gasteiger partial charge in [0.2, 0.25) is 0 Å². The average molecular weight is 247 g/mol. The van der Waals surface area contributed by atoms with Gasteiger partial charge in [0, 0.05) is 24.7 Å². The fraction of sp³-hybridized carbons (Fsp3) is 0.909. The number of ether oxygens (including phenoxy) is 2. The number of thioether (sulfide) groups is 1. The fourth-order valence-electron chi connectivity index (χ4n) is 1.34. The molecule has 0 spiro atoms. The Bertz CT molecular complexity index is 205. The zero-order valence-corrected chi connectivity index (χ0v) is 10.8. The quantitative estimate of drug-likeness (QED) is 0.558. The molecule has 0 aromatic heterocycles.